The minimum absolute atomic E-state index is 0.0116. The number of aryl methyl sites for hydroxylation is 2. The quantitative estimate of drug-likeness (QED) is 0.212. The van der Waals surface area contributed by atoms with Crippen molar-refractivity contribution in [2.24, 2.45) is 0 Å². The number of carbonyl (C=O) groups is 2. The van der Waals surface area contributed by atoms with Gasteiger partial charge in [0.05, 0.1) is 21.8 Å². The Morgan fingerprint density at radius 1 is 1.11 bits per heavy atom. The van der Waals surface area contributed by atoms with E-state index in [1.807, 2.05) is 32.9 Å². The Morgan fingerprint density at radius 2 is 1.92 bits per heavy atom. The minimum Gasteiger partial charge on any atom is -0.508 e. The molecule has 0 aliphatic carbocycles. The fraction of sp³-hybridized carbons (Fsp3) is 0.207. The van der Waals surface area contributed by atoms with Gasteiger partial charge in [-0.1, -0.05) is 29.5 Å². The summed E-state index contributed by atoms with van der Waals surface area (Å²) in [6.07, 6.45) is 0.710. The van der Waals surface area contributed by atoms with Crippen LogP contribution >= 0.6 is 11.3 Å². The van der Waals surface area contributed by atoms with Crippen molar-refractivity contribution in [3.63, 3.8) is 0 Å². The fourth-order valence-corrected chi connectivity index (χ4v) is 6.40. The summed E-state index contributed by atoms with van der Waals surface area (Å²) >= 11 is 1.32. The number of rotatable bonds is 3. The van der Waals surface area contributed by atoms with Gasteiger partial charge in [0.1, 0.15) is 23.4 Å². The van der Waals surface area contributed by atoms with E-state index in [9.17, 15) is 19.8 Å². The lowest BCUT2D eigenvalue weighted by Crippen LogP contribution is -2.29. The molecule has 3 heterocycles. The maximum atomic E-state index is 13.5. The lowest BCUT2D eigenvalue weighted by molar-refractivity contribution is -0.132. The smallest absolute Gasteiger partial charge is 0.301 e. The Labute approximate surface area is 217 Å². The molecule has 7 nitrogen and oxygen atoms in total. The highest BCUT2D eigenvalue weighted by molar-refractivity contribution is 7.22. The second-order valence-corrected chi connectivity index (χ2v) is 10.7. The summed E-state index contributed by atoms with van der Waals surface area (Å²) in [7, 11) is 0. The summed E-state index contributed by atoms with van der Waals surface area (Å²) in [5, 5.41) is 22.0. The number of phenols is 1. The maximum Gasteiger partial charge on any atom is 0.301 e. The van der Waals surface area contributed by atoms with Gasteiger partial charge in [0.25, 0.3) is 5.78 Å². The third kappa shape index (κ3) is 3.76. The monoisotopic (exact) mass is 512 g/mol. The highest BCUT2D eigenvalue weighted by Gasteiger charge is 2.48. The zero-order valence-electron chi connectivity index (χ0n) is 20.5. The number of hydrogen-bond acceptors (Lipinski definition) is 7. The molecule has 2 aliphatic heterocycles. The number of amides is 1. The average Bonchev–Trinajstić information content (AvgIpc) is 3.51. The first kappa shape index (κ1) is 23.2. The van der Waals surface area contributed by atoms with Gasteiger partial charge in [0.2, 0.25) is 0 Å². The number of fused-ring (bicyclic) bond motifs is 2. The van der Waals surface area contributed by atoms with E-state index in [1.165, 1.54) is 28.4 Å². The number of aliphatic hydroxyl groups is 1. The van der Waals surface area contributed by atoms with Gasteiger partial charge >= 0.3 is 5.91 Å². The van der Waals surface area contributed by atoms with E-state index in [0.29, 0.717) is 22.7 Å². The van der Waals surface area contributed by atoms with Gasteiger partial charge < -0.3 is 14.9 Å². The van der Waals surface area contributed by atoms with Crippen molar-refractivity contribution in [3.05, 3.63) is 88.0 Å². The molecule has 1 fully saturated rings. The lowest BCUT2D eigenvalue weighted by Gasteiger charge is -2.23. The van der Waals surface area contributed by atoms with Crippen molar-refractivity contribution in [1.29, 1.82) is 0 Å². The van der Waals surface area contributed by atoms with Crippen LogP contribution in [0.5, 0.6) is 11.5 Å². The molecule has 6 rings (SSSR count). The van der Waals surface area contributed by atoms with Gasteiger partial charge in [0.15, 0.2) is 5.13 Å². The molecule has 2 N–H and O–H groups in total. The molecule has 0 bridgehead atoms. The van der Waals surface area contributed by atoms with Crippen LogP contribution in [0.3, 0.4) is 0 Å². The molecule has 0 radical (unpaired) electrons. The predicted octanol–water partition coefficient (Wildman–Crippen LogP) is 5.57. The average molecular weight is 513 g/mol. The van der Waals surface area contributed by atoms with E-state index in [2.05, 4.69) is 0 Å². The number of aromatic hydroxyl groups is 1. The topological polar surface area (TPSA) is 100.0 Å². The van der Waals surface area contributed by atoms with Gasteiger partial charge in [0, 0.05) is 12.0 Å². The van der Waals surface area contributed by atoms with Gasteiger partial charge in [-0.3, -0.25) is 14.5 Å². The van der Waals surface area contributed by atoms with Crippen LogP contribution in [0, 0.1) is 13.8 Å². The third-order valence-corrected chi connectivity index (χ3v) is 7.83. The van der Waals surface area contributed by atoms with Crippen molar-refractivity contribution in [2.45, 2.75) is 39.3 Å². The number of anilines is 1. The number of aliphatic hydroxyl groups excluding tert-OH is 1. The lowest BCUT2D eigenvalue weighted by atomic mass is 9.94. The first-order valence-corrected chi connectivity index (χ1v) is 12.8. The summed E-state index contributed by atoms with van der Waals surface area (Å²) in [6, 6.07) is 14.7. The zero-order chi connectivity index (χ0) is 26.0. The molecule has 4 aromatic rings. The second kappa shape index (κ2) is 8.45. The molecule has 1 saturated heterocycles. The highest BCUT2D eigenvalue weighted by Crippen LogP contribution is 2.45. The number of carbonyl (C=O) groups excluding carboxylic acids is 2. The van der Waals surface area contributed by atoms with Crippen molar-refractivity contribution < 1.29 is 24.5 Å². The van der Waals surface area contributed by atoms with Crippen molar-refractivity contribution >= 4 is 44.1 Å². The predicted molar refractivity (Wildman–Crippen MR) is 142 cm³/mol. The third-order valence-electron chi connectivity index (χ3n) is 6.82. The summed E-state index contributed by atoms with van der Waals surface area (Å²) in [6.45, 7) is 5.92. The molecule has 0 saturated carbocycles. The van der Waals surface area contributed by atoms with E-state index in [0.717, 1.165) is 32.7 Å². The largest absolute Gasteiger partial charge is 0.508 e. The molecular formula is C29H24N2O5S. The van der Waals surface area contributed by atoms with Gasteiger partial charge in [-0.25, -0.2) is 4.98 Å². The Morgan fingerprint density at radius 3 is 2.70 bits per heavy atom. The standard InChI is InChI=1S/C29H24N2O5S/c1-14-9-15(2)24-22(10-14)37-29(30-24)31-25(17-5-4-6-20(32)13-17)23(27(34)28(31)35)26(33)18-7-8-21-19(12-18)11-16(3)36-21/h4-10,12-13,16,25,32-33H,11H2,1-3H3/b26-23+/t16-,25+/m0/s1. The normalized spacial score (nSPS) is 20.5. The van der Waals surface area contributed by atoms with Crippen LogP contribution in [0.25, 0.3) is 16.0 Å². The van der Waals surface area contributed by atoms with Gasteiger partial charge in [-0.2, -0.15) is 0 Å². The number of phenolic OH excluding ortho intramolecular Hbond substituents is 1. The van der Waals surface area contributed by atoms with Crippen molar-refractivity contribution in [2.75, 3.05) is 4.90 Å². The number of thiazole rings is 1. The molecule has 186 valence electrons. The Kier molecular flexibility index (Phi) is 5.31. The number of benzene rings is 3. The Hall–Kier alpha value is -4.17. The second-order valence-electron chi connectivity index (χ2n) is 9.64. The number of nitrogens with zero attached hydrogens (tertiary/aromatic N) is 2. The summed E-state index contributed by atoms with van der Waals surface area (Å²) in [5.41, 5.74) is 4.60. The van der Waals surface area contributed by atoms with Crippen LogP contribution in [-0.4, -0.2) is 33.0 Å². The van der Waals surface area contributed by atoms with E-state index in [4.69, 9.17) is 9.72 Å². The summed E-state index contributed by atoms with van der Waals surface area (Å²) in [4.78, 5) is 33.0. The summed E-state index contributed by atoms with van der Waals surface area (Å²) in [5.74, 6) is -1.12. The molecular weight excluding hydrogens is 488 g/mol. The molecule has 0 unspecified atom stereocenters. The number of ether oxygens (including phenoxy) is 1. The van der Waals surface area contributed by atoms with Crippen molar-refractivity contribution in [1.82, 2.24) is 4.98 Å². The van der Waals surface area contributed by atoms with Crippen LogP contribution in [0.15, 0.2) is 60.2 Å². The van der Waals surface area contributed by atoms with Gasteiger partial charge in [-0.15, -0.1) is 0 Å². The SMILES string of the molecule is Cc1cc(C)c2nc(N3C(=O)C(=O)/C(=C(/O)c4ccc5c(c4)C[C@H](C)O5)[C@H]3c3cccc(O)c3)sc2c1. The minimum atomic E-state index is -0.961. The first-order valence-electron chi connectivity index (χ1n) is 12.0. The fourth-order valence-electron chi connectivity index (χ4n) is 5.23. The van der Waals surface area contributed by atoms with E-state index < -0.39 is 17.7 Å². The summed E-state index contributed by atoms with van der Waals surface area (Å²) < 4.78 is 6.67. The Balaban J connectivity index is 1.55. The van der Waals surface area contributed by atoms with Crippen LogP contribution in [0.4, 0.5) is 5.13 Å². The molecule has 0 spiro atoms. The van der Waals surface area contributed by atoms with Crippen LogP contribution < -0.4 is 9.64 Å². The highest BCUT2D eigenvalue weighted by atomic mass is 32.1. The number of aromatic nitrogens is 1. The molecule has 3 aromatic carbocycles. The number of ketones is 1. The van der Waals surface area contributed by atoms with Crippen LogP contribution in [-0.2, 0) is 16.0 Å². The molecule has 2 aliphatic rings. The number of hydrogen-bond donors (Lipinski definition) is 2. The van der Waals surface area contributed by atoms with E-state index in [1.54, 1.807) is 30.3 Å². The van der Waals surface area contributed by atoms with Crippen molar-refractivity contribution in [3.8, 4) is 11.5 Å². The number of Topliss-reactive ketones (excluding diaryl/α,β-unsaturated/α-hetero) is 1. The van der Waals surface area contributed by atoms with Crippen LogP contribution in [0.1, 0.15) is 40.8 Å². The zero-order valence-corrected chi connectivity index (χ0v) is 21.3. The first-order chi connectivity index (χ1) is 17.7. The molecule has 37 heavy (non-hydrogen) atoms. The van der Waals surface area contributed by atoms with E-state index >= 15 is 0 Å². The Bertz CT molecular complexity index is 1650. The van der Waals surface area contributed by atoms with Gasteiger partial charge in [-0.05, 0) is 79.4 Å². The molecule has 1 amide bonds. The molecule has 1 aromatic heterocycles. The van der Waals surface area contributed by atoms with Crippen LogP contribution in [0.2, 0.25) is 0 Å². The van der Waals surface area contributed by atoms with E-state index in [-0.39, 0.29) is 23.2 Å². The molecule has 8 heteroatoms. The maximum absolute atomic E-state index is 13.5. The molecule has 2 atom stereocenters.